The van der Waals surface area contributed by atoms with Gasteiger partial charge in [0.05, 0.1) is 18.7 Å². The summed E-state index contributed by atoms with van der Waals surface area (Å²) >= 11 is 0. The van der Waals surface area contributed by atoms with Gasteiger partial charge in [-0.15, -0.1) is 0 Å². The molecule has 0 aromatic heterocycles. The van der Waals surface area contributed by atoms with Crippen molar-refractivity contribution in [3.63, 3.8) is 0 Å². The van der Waals surface area contributed by atoms with E-state index < -0.39 is 0 Å². The predicted octanol–water partition coefficient (Wildman–Crippen LogP) is 0.794. The van der Waals surface area contributed by atoms with Crippen LogP contribution in [0.1, 0.15) is 45.4 Å². The van der Waals surface area contributed by atoms with E-state index in [2.05, 4.69) is 10.6 Å². The van der Waals surface area contributed by atoms with Crippen LogP contribution in [-0.4, -0.2) is 35.7 Å². The van der Waals surface area contributed by atoms with Crippen molar-refractivity contribution in [2.45, 2.75) is 63.6 Å². The fourth-order valence-corrected chi connectivity index (χ4v) is 3.10. The van der Waals surface area contributed by atoms with E-state index in [1.165, 1.54) is 25.7 Å². The maximum absolute atomic E-state index is 12.0. The summed E-state index contributed by atoms with van der Waals surface area (Å²) in [5.41, 5.74) is 0. The number of aliphatic hydroxyl groups is 1. The topological polar surface area (TPSA) is 61.4 Å². The minimum Gasteiger partial charge on any atom is -0.394 e. The summed E-state index contributed by atoms with van der Waals surface area (Å²) in [5, 5.41) is 15.5. The van der Waals surface area contributed by atoms with Gasteiger partial charge < -0.3 is 15.7 Å². The van der Waals surface area contributed by atoms with E-state index in [-0.39, 0.29) is 24.6 Å². The Morgan fingerprint density at radius 3 is 2.88 bits per heavy atom. The molecule has 0 aromatic carbocycles. The lowest BCUT2D eigenvalue weighted by Crippen LogP contribution is -2.47. The molecule has 2 rings (SSSR count). The van der Waals surface area contributed by atoms with E-state index in [0.29, 0.717) is 12.0 Å². The van der Waals surface area contributed by atoms with Gasteiger partial charge in [0.2, 0.25) is 5.91 Å². The lowest BCUT2D eigenvalue weighted by atomic mass is 9.85. The Morgan fingerprint density at radius 1 is 1.47 bits per heavy atom. The molecule has 1 saturated heterocycles. The number of carbonyl (C=O) groups is 1. The summed E-state index contributed by atoms with van der Waals surface area (Å²) < 4.78 is 0. The van der Waals surface area contributed by atoms with Gasteiger partial charge in [-0.2, -0.15) is 0 Å². The number of fused-ring (bicyclic) bond motifs is 1. The van der Waals surface area contributed by atoms with E-state index in [9.17, 15) is 4.79 Å². The maximum atomic E-state index is 12.0. The molecule has 3 unspecified atom stereocenters. The number of amides is 1. The largest absolute Gasteiger partial charge is 0.394 e. The van der Waals surface area contributed by atoms with Gasteiger partial charge in [-0.3, -0.25) is 4.79 Å². The van der Waals surface area contributed by atoms with Crippen LogP contribution in [0.5, 0.6) is 0 Å². The fraction of sp³-hybridized carbons (Fsp3) is 0.923. The highest BCUT2D eigenvalue weighted by molar-refractivity contribution is 5.82. The quantitative estimate of drug-likeness (QED) is 0.681. The molecule has 1 aliphatic carbocycles. The van der Waals surface area contributed by atoms with Crippen LogP contribution in [0.3, 0.4) is 0 Å². The molecule has 4 atom stereocenters. The third-order valence-corrected chi connectivity index (χ3v) is 4.24. The smallest absolute Gasteiger partial charge is 0.237 e. The molecule has 0 radical (unpaired) electrons. The van der Waals surface area contributed by atoms with Crippen molar-refractivity contribution in [2.75, 3.05) is 6.61 Å². The second-order valence-electron chi connectivity index (χ2n) is 5.40. The van der Waals surface area contributed by atoms with Gasteiger partial charge in [-0.05, 0) is 31.6 Å². The zero-order valence-corrected chi connectivity index (χ0v) is 10.6. The zero-order valence-electron chi connectivity index (χ0n) is 10.6. The van der Waals surface area contributed by atoms with Gasteiger partial charge in [-0.1, -0.05) is 19.8 Å². The SMILES string of the molecule is CC[C@H](CO)NC(=O)C1CC2CCCCC2N1. The molecule has 1 amide bonds. The van der Waals surface area contributed by atoms with E-state index >= 15 is 0 Å². The molecule has 1 saturated carbocycles. The molecule has 4 nitrogen and oxygen atoms in total. The Bertz CT molecular complexity index is 252. The Hall–Kier alpha value is -0.610. The second kappa shape index (κ2) is 5.83. The molecule has 98 valence electrons. The lowest BCUT2D eigenvalue weighted by Gasteiger charge is -2.24. The molecular formula is C13H24N2O2. The number of nitrogens with one attached hydrogen (secondary N) is 2. The molecule has 1 heterocycles. The summed E-state index contributed by atoms with van der Waals surface area (Å²) in [4.78, 5) is 12.0. The molecule has 3 N–H and O–H groups in total. The van der Waals surface area contributed by atoms with Gasteiger partial charge in [0.15, 0.2) is 0 Å². The maximum Gasteiger partial charge on any atom is 0.237 e. The number of hydrogen-bond donors (Lipinski definition) is 3. The van der Waals surface area contributed by atoms with Gasteiger partial charge in [0.1, 0.15) is 0 Å². The summed E-state index contributed by atoms with van der Waals surface area (Å²) in [5.74, 6) is 0.758. The van der Waals surface area contributed by atoms with Gasteiger partial charge in [0.25, 0.3) is 0 Å². The average molecular weight is 240 g/mol. The first-order chi connectivity index (χ1) is 8.24. The van der Waals surface area contributed by atoms with Crippen molar-refractivity contribution in [2.24, 2.45) is 5.92 Å². The third kappa shape index (κ3) is 2.99. The third-order valence-electron chi connectivity index (χ3n) is 4.24. The minimum absolute atomic E-state index is 0.0296. The summed E-state index contributed by atoms with van der Waals surface area (Å²) in [6, 6.07) is 0.421. The molecule has 0 bridgehead atoms. The highest BCUT2D eigenvalue weighted by Crippen LogP contribution is 2.33. The Morgan fingerprint density at radius 2 is 2.24 bits per heavy atom. The molecule has 17 heavy (non-hydrogen) atoms. The first-order valence-electron chi connectivity index (χ1n) is 6.91. The Balaban J connectivity index is 1.84. The van der Waals surface area contributed by atoms with Crippen LogP contribution in [0, 0.1) is 5.92 Å². The number of carbonyl (C=O) groups excluding carboxylic acids is 1. The van der Waals surface area contributed by atoms with Gasteiger partial charge in [0, 0.05) is 6.04 Å². The Kier molecular flexibility index (Phi) is 4.40. The van der Waals surface area contributed by atoms with Crippen LogP contribution in [0.15, 0.2) is 0 Å². The standard InChI is InChI=1S/C13H24N2O2/c1-2-10(8-16)14-13(17)12-7-9-5-3-4-6-11(9)15-12/h9-12,15-16H,2-8H2,1H3,(H,14,17)/t9?,10-,11?,12?/m1/s1. The molecular weight excluding hydrogens is 216 g/mol. The first-order valence-corrected chi connectivity index (χ1v) is 6.91. The van der Waals surface area contributed by atoms with Crippen LogP contribution in [0.25, 0.3) is 0 Å². The van der Waals surface area contributed by atoms with Crippen molar-refractivity contribution in [3.05, 3.63) is 0 Å². The summed E-state index contributed by atoms with van der Waals surface area (Å²) in [7, 11) is 0. The molecule has 2 aliphatic rings. The molecule has 0 spiro atoms. The van der Waals surface area contributed by atoms with Crippen molar-refractivity contribution < 1.29 is 9.90 Å². The van der Waals surface area contributed by atoms with E-state index in [0.717, 1.165) is 12.8 Å². The molecule has 0 aromatic rings. The normalized spacial score (nSPS) is 34.1. The minimum atomic E-state index is -0.0908. The van der Waals surface area contributed by atoms with Gasteiger partial charge in [-0.25, -0.2) is 0 Å². The van der Waals surface area contributed by atoms with Crippen LogP contribution >= 0.6 is 0 Å². The molecule has 4 heteroatoms. The number of aliphatic hydroxyl groups excluding tert-OH is 1. The Labute approximate surface area is 103 Å². The number of hydrogen-bond acceptors (Lipinski definition) is 3. The van der Waals surface area contributed by atoms with Crippen molar-refractivity contribution in [1.82, 2.24) is 10.6 Å². The zero-order chi connectivity index (χ0) is 12.3. The van der Waals surface area contributed by atoms with Crippen LogP contribution in [-0.2, 0) is 4.79 Å². The first kappa shape index (κ1) is 12.8. The highest BCUT2D eigenvalue weighted by Gasteiger charge is 2.38. The molecule has 2 fully saturated rings. The van der Waals surface area contributed by atoms with Crippen molar-refractivity contribution in [1.29, 1.82) is 0 Å². The summed E-state index contributed by atoms with van der Waals surface area (Å²) in [6.07, 6.45) is 6.83. The summed E-state index contributed by atoms with van der Waals surface area (Å²) in [6.45, 7) is 2.00. The van der Waals surface area contributed by atoms with Crippen LogP contribution in [0.4, 0.5) is 0 Å². The number of rotatable bonds is 4. The predicted molar refractivity (Wildman–Crippen MR) is 66.6 cm³/mol. The monoisotopic (exact) mass is 240 g/mol. The average Bonchev–Trinajstić information content (AvgIpc) is 2.79. The van der Waals surface area contributed by atoms with Crippen molar-refractivity contribution >= 4 is 5.91 Å². The molecule has 1 aliphatic heterocycles. The van der Waals surface area contributed by atoms with Crippen LogP contribution < -0.4 is 10.6 Å². The van der Waals surface area contributed by atoms with E-state index in [1.807, 2.05) is 6.92 Å². The fourth-order valence-electron chi connectivity index (χ4n) is 3.10. The van der Waals surface area contributed by atoms with E-state index in [1.54, 1.807) is 0 Å². The van der Waals surface area contributed by atoms with E-state index in [4.69, 9.17) is 5.11 Å². The van der Waals surface area contributed by atoms with Crippen LogP contribution in [0.2, 0.25) is 0 Å². The van der Waals surface area contributed by atoms with Gasteiger partial charge >= 0.3 is 0 Å². The lowest BCUT2D eigenvalue weighted by molar-refractivity contribution is -0.123. The second-order valence-corrected chi connectivity index (χ2v) is 5.40. The van der Waals surface area contributed by atoms with Crippen molar-refractivity contribution in [3.8, 4) is 0 Å². The highest BCUT2D eigenvalue weighted by atomic mass is 16.3.